The first kappa shape index (κ1) is 36.0. The van der Waals surface area contributed by atoms with Crippen LogP contribution in [-0.4, -0.2) is 19.6 Å². The molecule has 0 saturated carbocycles. The molecule has 3 aromatic heterocycles. The van der Waals surface area contributed by atoms with Gasteiger partial charge in [0.1, 0.15) is 28.4 Å². The normalized spacial score (nSPS) is 14.5. The Labute approximate surface area is 331 Å². The quantitative estimate of drug-likeness (QED) is 0.175. The van der Waals surface area contributed by atoms with E-state index in [0.29, 0.717) is 17.0 Å². The number of fused-ring (bicyclic) bond motifs is 8. The van der Waals surface area contributed by atoms with Crippen LogP contribution in [-0.2, 0) is 31.9 Å². The number of rotatable bonds is 5. The van der Waals surface area contributed by atoms with E-state index >= 15 is 0 Å². The maximum absolute atomic E-state index is 11.8. The largest absolute Gasteiger partial charge is 0.507 e. The standard InChI is InChI=1S/C48H44N3O2.Pt/c1-27(2)29-20-15-21-30(28(3)4)45(29)51-26-38(49-46(51)36-24-35-31-16-12-14-23-40(31)53-41(35)25-39(36)52)43-33-18-10-9-17-32(33)42-44(50-43)34-19-11-13-22-37(34)47(5,6)48(42,7)8;/h9-18,20-28,52H,1-8H3;/q-1;. The van der Waals surface area contributed by atoms with E-state index < -0.39 is 0 Å². The fourth-order valence-electron chi connectivity index (χ4n) is 8.66. The molecule has 9 rings (SSSR count). The molecule has 3 heterocycles. The molecule has 1 aliphatic carbocycles. The predicted molar refractivity (Wildman–Crippen MR) is 217 cm³/mol. The van der Waals surface area contributed by atoms with Gasteiger partial charge in [0.05, 0.1) is 16.9 Å². The van der Waals surface area contributed by atoms with E-state index in [1.54, 1.807) is 6.07 Å². The number of aromatic nitrogens is 3. The van der Waals surface area contributed by atoms with Crippen molar-refractivity contribution in [3.63, 3.8) is 0 Å². The number of nitrogens with zero attached hydrogens (tertiary/aromatic N) is 3. The van der Waals surface area contributed by atoms with E-state index in [1.807, 2.05) is 30.3 Å². The van der Waals surface area contributed by atoms with Gasteiger partial charge in [-0.05, 0) is 57.0 Å². The Morgan fingerprint density at radius 1 is 0.685 bits per heavy atom. The van der Waals surface area contributed by atoms with Crippen molar-refractivity contribution in [2.45, 2.75) is 78.1 Å². The van der Waals surface area contributed by atoms with Gasteiger partial charge in [0.15, 0.2) is 0 Å². The summed E-state index contributed by atoms with van der Waals surface area (Å²) in [6.07, 6.45) is 2.13. The molecule has 8 aromatic rings. The summed E-state index contributed by atoms with van der Waals surface area (Å²) in [6.45, 7) is 18.3. The van der Waals surface area contributed by atoms with E-state index in [0.717, 1.165) is 50.1 Å². The van der Waals surface area contributed by atoms with Crippen molar-refractivity contribution < 1.29 is 30.6 Å². The summed E-state index contributed by atoms with van der Waals surface area (Å²) in [5, 5.41) is 16.0. The third kappa shape index (κ3) is 5.15. The van der Waals surface area contributed by atoms with Gasteiger partial charge in [-0.25, -0.2) is 4.98 Å². The SMILES string of the molecule is CC(C)c1cccc(C(C)C)c1-n1cc(-c2nc3c(c4ccccc24)C(C)(C)C(C)(C)c2ccc[c-]c2-3)nc1-c1cc2c(cc1O)oc1ccccc12.[Pt]. The average Bonchev–Trinajstić information content (AvgIpc) is 3.74. The number of benzene rings is 5. The Kier molecular flexibility index (Phi) is 8.54. The Balaban J connectivity index is 0.00000413. The van der Waals surface area contributed by atoms with E-state index in [1.165, 1.54) is 27.6 Å². The molecule has 0 fully saturated rings. The fraction of sp³-hybridized carbons (Fsp3) is 0.250. The summed E-state index contributed by atoms with van der Waals surface area (Å²) < 4.78 is 8.38. The van der Waals surface area contributed by atoms with Crippen LogP contribution in [0.25, 0.3) is 72.4 Å². The van der Waals surface area contributed by atoms with Crippen LogP contribution in [0, 0.1) is 6.07 Å². The summed E-state index contributed by atoms with van der Waals surface area (Å²) >= 11 is 0. The van der Waals surface area contributed by atoms with Crippen molar-refractivity contribution in [2.24, 2.45) is 0 Å². The number of phenolic OH excluding ortho intramolecular Hbond substituents is 1. The third-order valence-electron chi connectivity index (χ3n) is 12.1. The van der Waals surface area contributed by atoms with Gasteiger partial charge in [0.25, 0.3) is 0 Å². The van der Waals surface area contributed by atoms with Crippen LogP contribution in [0.5, 0.6) is 5.75 Å². The predicted octanol–water partition coefficient (Wildman–Crippen LogP) is 12.6. The van der Waals surface area contributed by atoms with Crippen LogP contribution in [0.2, 0.25) is 0 Å². The molecule has 54 heavy (non-hydrogen) atoms. The number of imidazole rings is 1. The number of para-hydroxylation sites is 2. The smallest absolute Gasteiger partial charge is 0.149 e. The zero-order valence-corrected chi connectivity index (χ0v) is 34.3. The van der Waals surface area contributed by atoms with Gasteiger partial charge in [-0.1, -0.05) is 122 Å². The van der Waals surface area contributed by atoms with Gasteiger partial charge >= 0.3 is 0 Å². The van der Waals surface area contributed by atoms with E-state index in [2.05, 4.69) is 133 Å². The first-order valence-corrected chi connectivity index (χ1v) is 18.7. The zero-order chi connectivity index (χ0) is 37.0. The number of phenols is 1. The van der Waals surface area contributed by atoms with Gasteiger partial charge in [-0.2, -0.15) is 0 Å². The van der Waals surface area contributed by atoms with Crippen LogP contribution in [0.4, 0.5) is 0 Å². The minimum absolute atomic E-state index is 0. The Morgan fingerprint density at radius 3 is 2.06 bits per heavy atom. The van der Waals surface area contributed by atoms with E-state index in [-0.39, 0.29) is 49.5 Å². The van der Waals surface area contributed by atoms with Gasteiger partial charge in [-0.3, -0.25) is 9.55 Å². The molecule has 0 saturated heterocycles. The maximum atomic E-state index is 11.8. The van der Waals surface area contributed by atoms with Gasteiger partial charge in [0.2, 0.25) is 0 Å². The maximum Gasteiger partial charge on any atom is 0.149 e. The monoisotopic (exact) mass is 889 g/mol. The molecule has 0 amide bonds. The van der Waals surface area contributed by atoms with E-state index in [4.69, 9.17) is 14.4 Å². The second kappa shape index (κ2) is 12.8. The number of aromatic hydroxyl groups is 1. The number of pyridine rings is 1. The molecule has 5 nitrogen and oxygen atoms in total. The summed E-state index contributed by atoms with van der Waals surface area (Å²) in [5.41, 5.74) is 11.2. The van der Waals surface area contributed by atoms with Crippen LogP contribution < -0.4 is 0 Å². The second-order valence-electron chi connectivity index (χ2n) is 16.3. The van der Waals surface area contributed by atoms with Crippen LogP contribution in [0.3, 0.4) is 0 Å². The molecule has 0 radical (unpaired) electrons. The number of furan rings is 1. The van der Waals surface area contributed by atoms with Gasteiger partial charge < -0.3 is 9.52 Å². The molecular weight excluding hydrogens is 846 g/mol. The van der Waals surface area contributed by atoms with Gasteiger partial charge in [-0.15, -0.1) is 35.4 Å². The third-order valence-corrected chi connectivity index (χ3v) is 12.1. The summed E-state index contributed by atoms with van der Waals surface area (Å²) in [5.74, 6) is 1.25. The molecule has 1 N–H and O–H groups in total. The van der Waals surface area contributed by atoms with E-state index in [9.17, 15) is 5.11 Å². The summed E-state index contributed by atoms with van der Waals surface area (Å²) in [6, 6.07) is 36.9. The molecular formula is C48H44N3O2Pt-. The molecule has 274 valence electrons. The molecule has 1 aliphatic rings. The van der Waals surface area contributed by atoms with Crippen LogP contribution >= 0.6 is 0 Å². The minimum Gasteiger partial charge on any atom is -0.507 e. The molecule has 0 aliphatic heterocycles. The molecule has 0 unspecified atom stereocenters. The zero-order valence-electron chi connectivity index (χ0n) is 32.0. The van der Waals surface area contributed by atoms with Crippen LogP contribution in [0.15, 0.2) is 108 Å². The number of hydrogen-bond acceptors (Lipinski definition) is 4. The fourth-order valence-corrected chi connectivity index (χ4v) is 8.66. The summed E-state index contributed by atoms with van der Waals surface area (Å²) in [4.78, 5) is 11.1. The van der Waals surface area contributed by atoms with Crippen molar-refractivity contribution in [3.05, 3.63) is 132 Å². The van der Waals surface area contributed by atoms with Crippen molar-refractivity contribution in [3.8, 4) is 45.5 Å². The first-order valence-electron chi connectivity index (χ1n) is 18.7. The van der Waals surface area contributed by atoms with Crippen LogP contribution in [0.1, 0.15) is 89.5 Å². The topological polar surface area (TPSA) is 64.1 Å². The van der Waals surface area contributed by atoms with Crippen molar-refractivity contribution >= 4 is 32.7 Å². The molecule has 0 atom stereocenters. The Bertz CT molecular complexity index is 2740. The molecule has 6 heteroatoms. The van der Waals surface area contributed by atoms with Gasteiger partial charge in [0, 0.05) is 49.5 Å². The molecule has 0 spiro atoms. The van der Waals surface area contributed by atoms with Crippen molar-refractivity contribution in [1.29, 1.82) is 0 Å². The molecule has 0 bridgehead atoms. The first-order chi connectivity index (χ1) is 25.4. The number of hydrogen-bond donors (Lipinski definition) is 1. The Hall–Kier alpha value is -4.99. The average molecular weight is 890 g/mol. The molecule has 5 aromatic carbocycles. The van der Waals surface area contributed by atoms with Crippen molar-refractivity contribution in [2.75, 3.05) is 0 Å². The van der Waals surface area contributed by atoms with Crippen molar-refractivity contribution in [1.82, 2.24) is 14.5 Å². The minimum atomic E-state index is -0.225. The Morgan fingerprint density at radius 2 is 1.35 bits per heavy atom. The second-order valence-corrected chi connectivity index (χ2v) is 16.3. The summed E-state index contributed by atoms with van der Waals surface area (Å²) in [7, 11) is 0.